The standard InChI is InChI=1S/C13H21NO5/c1-8-6-14(11(18)19-12(2,3)4)7-13(5,9(8)15)10(16)17/h8H,6-7H2,1-5H3,(H,16,17)/t8-,13+/m1/s1. The first-order chi connectivity index (χ1) is 8.47. The number of nitrogens with zero attached hydrogens (tertiary/aromatic N) is 1. The zero-order valence-electron chi connectivity index (χ0n) is 12.0. The van der Waals surface area contributed by atoms with E-state index in [1.807, 2.05) is 0 Å². The molecule has 0 aliphatic carbocycles. The third kappa shape index (κ3) is 3.24. The molecular weight excluding hydrogens is 250 g/mol. The van der Waals surface area contributed by atoms with Gasteiger partial charge in [0.15, 0.2) is 5.78 Å². The van der Waals surface area contributed by atoms with E-state index in [0.29, 0.717) is 0 Å². The second-order valence-electron chi connectivity index (χ2n) is 6.26. The second kappa shape index (κ2) is 4.83. The molecule has 1 rings (SSSR count). The molecule has 1 aliphatic heterocycles. The Morgan fingerprint density at radius 3 is 2.37 bits per heavy atom. The Balaban J connectivity index is 2.92. The molecule has 0 radical (unpaired) electrons. The smallest absolute Gasteiger partial charge is 0.410 e. The number of carboxylic acids is 1. The van der Waals surface area contributed by atoms with Crippen molar-refractivity contribution in [2.75, 3.05) is 13.1 Å². The number of ether oxygens (including phenoxy) is 1. The van der Waals surface area contributed by atoms with Crippen molar-refractivity contribution in [1.29, 1.82) is 0 Å². The summed E-state index contributed by atoms with van der Waals surface area (Å²) in [6.07, 6.45) is -0.584. The molecule has 0 spiro atoms. The van der Waals surface area contributed by atoms with Gasteiger partial charge in [-0.25, -0.2) is 4.79 Å². The summed E-state index contributed by atoms with van der Waals surface area (Å²) in [5, 5.41) is 9.22. The van der Waals surface area contributed by atoms with Crippen LogP contribution in [-0.4, -0.2) is 46.5 Å². The van der Waals surface area contributed by atoms with Gasteiger partial charge in [0.25, 0.3) is 0 Å². The number of piperidine rings is 1. The van der Waals surface area contributed by atoms with E-state index in [1.165, 1.54) is 11.8 Å². The van der Waals surface area contributed by atoms with Crippen molar-refractivity contribution in [3.05, 3.63) is 0 Å². The van der Waals surface area contributed by atoms with Gasteiger partial charge in [-0.2, -0.15) is 0 Å². The van der Waals surface area contributed by atoms with Gasteiger partial charge < -0.3 is 14.7 Å². The van der Waals surface area contributed by atoms with Gasteiger partial charge in [0.1, 0.15) is 11.0 Å². The van der Waals surface area contributed by atoms with Gasteiger partial charge in [-0.15, -0.1) is 0 Å². The van der Waals surface area contributed by atoms with Crippen LogP contribution in [0.3, 0.4) is 0 Å². The van der Waals surface area contributed by atoms with Crippen molar-refractivity contribution in [2.24, 2.45) is 11.3 Å². The normalized spacial score (nSPS) is 28.2. The Bertz CT molecular complexity index is 412. The molecule has 108 valence electrons. The summed E-state index contributed by atoms with van der Waals surface area (Å²) < 4.78 is 5.22. The minimum absolute atomic E-state index is 0.152. The maximum Gasteiger partial charge on any atom is 0.410 e. The zero-order valence-corrected chi connectivity index (χ0v) is 12.0. The first kappa shape index (κ1) is 15.5. The highest BCUT2D eigenvalue weighted by Crippen LogP contribution is 2.30. The summed E-state index contributed by atoms with van der Waals surface area (Å²) >= 11 is 0. The number of hydrogen-bond donors (Lipinski definition) is 1. The van der Waals surface area contributed by atoms with Gasteiger partial charge in [0.2, 0.25) is 0 Å². The van der Waals surface area contributed by atoms with E-state index in [-0.39, 0.29) is 18.9 Å². The van der Waals surface area contributed by atoms with Crippen LogP contribution in [0, 0.1) is 11.3 Å². The number of ketones is 1. The predicted octanol–water partition coefficient (Wildman–Crippen LogP) is 1.53. The Morgan fingerprint density at radius 2 is 1.95 bits per heavy atom. The highest BCUT2D eigenvalue weighted by Gasteiger charge is 2.50. The van der Waals surface area contributed by atoms with Gasteiger partial charge in [0.05, 0.1) is 0 Å². The number of aliphatic carboxylic acids is 1. The fourth-order valence-corrected chi connectivity index (χ4v) is 2.12. The monoisotopic (exact) mass is 271 g/mol. The quantitative estimate of drug-likeness (QED) is 0.731. The number of carbonyl (C=O) groups is 3. The van der Waals surface area contributed by atoms with Gasteiger partial charge in [-0.1, -0.05) is 6.92 Å². The van der Waals surface area contributed by atoms with Crippen molar-refractivity contribution in [3.8, 4) is 0 Å². The maximum atomic E-state index is 12.0. The molecule has 0 bridgehead atoms. The number of rotatable bonds is 1. The lowest BCUT2D eigenvalue weighted by atomic mass is 9.76. The molecule has 1 saturated heterocycles. The molecule has 6 heteroatoms. The molecule has 1 aliphatic rings. The van der Waals surface area contributed by atoms with Crippen molar-refractivity contribution in [3.63, 3.8) is 0 Å². The zero-order chi connectivity index (χ0) is 15.0. The summed E-state index contributed by atoms with van der Waals surface area (Å²) in [5.41, 5.74) is -2.21. The fourth-order valence-electron chi connectivity index (χ4n) is 2.12. The minimum Gasteiger partial charge on any atom is -0.480 e. The maximum absolute atomic E-state index is 12.0. The fraction of sp³-hybridized carbons (Fsp3) is 0.769. The summed E-state index contributed by atoms with van der Waals surface area (Å²) in [7, 11) is 0. The van der Waals surface area contributed by atoms with Crippen LogP contribution >= 0.6 is 0 Å². The largest absolute Gasteiger partial charge is 0.480 e. The number of amides is 1. The van der Waals surface area contributed by atoms with E-state index >= 15 is 0 Å². The van der Waals surface area contributed by atoms with E-state index in [0.717, 1.165) is 0 Å². The summed E-state index contributed by atoms with van der Waals surface area (Å²) in [6, 6.07) is 0. The van der Waals surface area contributed by atoms with Crippen molar-refractivity contribution >= 4 is 17.8 Å². The predicted molar refractivity (Wildman–Crippen MR) is 67.7 cm³/mol. The Kier molecular flexibility index (Phi) is 3.93. The first-order valence-electron chi connectivity index (χ1n) is 6.23. The Hall–Kier alpha value is -1.59. The topological polar surface area (TPSA) is 83.9 Å². The SMILES string of the molecule is C[C@@H]1CN(C(=O)OC(C)(C)C)C[C@](C)(C(=O)O)C1=O. The first-order valence-corrected chi connectivity index (χ1v) is 6.23. The Morgan fingerprint density at radius 1 is 1.42 bits per heavy atom. The molecular formula is C13H21NO5. The van der Waals surface area contributed by atoms with Crippen LogP contribution in [0.1, 0.15) is 34.6 Å². The molecule has 0 aromatic heterocycles. The van der Waals surface area contributed by atoms with E-state index in [1.54, 1.807) is 27.7 Å². The van der Waals surface area contributed by atoms with Crippen molar-refractivity contribution in [2.45, 2.75) is 40.2 Å². The molecule has 0 aromatic carbocycles. The van der Waals surface area contributed by atoms with E-state index in [2.05, 4.69) is 0 Å². The lowest BCUT2D eigenvalue weighted by Gasteiger charge is -2.39. The molecule has 2 atom stereocenters. The number of hydrogen-bond acceptors (Lipinski definition) is 4. The van der Waals surface area contributed by atoms with Gasteiger partial charge in [0, 0.05) is 19.0 Å². The second-order valence-corrected chi connectivity index (χ2v) is 6.26. The highest BCUT2D eigenvalue weighted by molar-refractivity contribution is 6.05. The van der Waals surface area contributed by atoms with Gasteiger partial charge >= 0.3 is 12.1 Å². The van der Waals surface area contributed by atoms with Crippen molar-refractivity contribution in [1.82, 2.24) is 4.90 Å². The van der Waals surface area contributed by atoms with Crippen LogP contribution in [0.2, 0.25) is 0 Å². The summed E-state index contributed by atoms with van der Waals surface area (Å²) in [4.78, 5) is 36.5. The van der Waals surface area contributed by atoms with E-state index < -0.39 is 29.0 Å². The molecule has 19 heavy (non-hydrogen) atoms. The van der Waals surface area contributed by atoms with Crippen LogP contribution in [0.5, 0.6) is 0 Å². The lowest BCUT2D eigenvalue weighted by molar-refractivity contribution is -0.159. The molecule has 0 aromatic rings. The third-order valence-corrected chi connectivity index (χ3v) is 3.12. The van der Waals surface area contributed by atoms with Gasteiger partial charge in [-0.05, 0) is 27.7 Å². The summed E-state index contributed by atoms with van der Waals surface area (Å²) in [6.45, 7) is 8.22. The highest BCUT2D eigenvalue weighted by atomic mass is 16.6. The minimum atomic E-state index is -1.56. The molecule has 0 saturated carbocycles. The molecule has 1 amide bonds. The number of carbonyl (C=O) groups excluding carboxylic acids is 2. The molecule has 1 fully saturated rings. The lowest BCUT2D eigenvalue weighted by Crippen LogP contribution is -2.57. The number of likely N-dealkylation sites (tertiary alicyclic amines) is 1. The average Bonchev–Trinajstić information content (AvgIpc) is 2.22. The summed E-state index contributed by atoms with van der Waals surface area (Å²) in [5.74, 6) is -2.07. The van der Waals surface area contributed by atoms with E-state index in [4.69, 9.17) is 4.74 Å². The Labute approximate surface area is 112 Å². The molecule has 6 nitrogen and oxygen atoms in total. The number of carboxylic acid groups (broad SMARTS) is 1. The van der Waals surface area contributed by atoms with Crippen LogP contribution in [-0.2, 0) is 14.3 Å². The number of Topliss-reactive ketones (excluding diaryl/α,β-unsaturated/α-hetero) is 1. The molecule has 1 heterocycles. The van der Waals surface area contributed by atoms with Crippen molar-refractivity contribution < 1.29 is 24.2 Å². The third-order valence-electron chi connectivity index (χ3n) is 3.12. The van der Waals surface area contributed by atoms with Crippen LogP contribution in [0.25, 0.3) is 0 Å². The van der Waals surface area contributed by atoms with Crippen LogP contribution < -0.4 is 0 Å². The van der Waals surface area contributed by atoms with E-state index in [9.17, 15) is 19.5 Å². The van der Waals surface area contributed by atoms with Crippen LogP contribution in [0.15, 0.2) is 0 Å². The molecule has 0 unspecified atom stereocenters. The average molecular weight is 271 g/mol. The molecule has 1 N–H and O–H groups in total. The van der Waals surface area contributed by atoms with Gasteiger partial charge in [-0.3, -0.25) is 9.59 Å². The van der Waals surface area contributed by atoms with Crippen LogP contribution in [0.4, 0.5) is 4.79 Å².